The van der Waals surface area contributed by atoms with E-state index in [1.807, 2.05) is 0 Å². The average Bonchev–Trinajstić information content (AvgIpc) is 1.85. The molecule has 0 aromatic carbocycles. The van der Waals surface area contributed by atoms with Gasteiger partial charge in [0.1, 0.15) is 0 Å². The molecule has 0 saturated heterocycles. The van der Waals surface area contributed by atoms with Crippen LogP contribution in [0, 0.1) is 5.92 Å². The maximum absolute atomic E-state index is 5.59. The highest BCUT2D eigenvalue weighted by molar-refractivity contribution is 4.76. The van der Waals surface area contributed by atoms with Crippen LogP contribution < -0.4 is 0 Å². The van der Waals surface area contributed by atoms with E-state index in [0.717, 1.165) is 12.5 Å². The normalized spacial score (nSPS) is 31.8. The third kappa shape index (κ3) is 2.30. The summed E-state index contributed by atoms with van der Waals surface area (Å²) < 4.78 is 5.59. The second-order valence-corrected chi connectivity index (χ2v) is 3.42. The van der Waals surface area contributed by atoms with Gasteiger partial charge in [0.25, 0.3) is 0 Å². The van der Waals surface area contributed by atoms with Crippen molar-refractivity contribution < 1.29 is 4.74 Å². The Morgan fingerprint density at radius 3 is 2.60 bits per heavy atom. The van der Waals surface area contributed by atoms with Gasteiger partial charge >= 0.3 is 0 Å². The average molecular weight is 142 g/mol. The number of ether oxygens (including phenoxy) is 1. The van der Waals surface area contributed by atoms with Gasteiger partial charge in [-0.25, -0.2) is 0 Å². The summed E-state index contributed by atoms with van der Waals surface area (Å²) in [6.45, 7) is 5.47. The Kier molecular flexibility index (Phi) is 3.20. The Balaban J connectivity index is 1.86. The minimum absolute atomic E-state index is 0.613. The Morgan fingerprint density at radius 2 is 2.10 bits per heavy atom. The zero-order valence-electron chi connectivity index (χ0n) is 7.10. The molecule has 0 aromatic heterocycles. The van der Waals surface area contributed by atoms with Gasteiger partial charge in [0.2, 0.25) is 0 Å². The fraction of sp³-hybridized carbons (Fsp3) is 1.00. The fourth-order valence-corrected chi connectivity index (χ4v) is 1.36. The molecule has 1 saturated carbocycles. The summed E-state index contributed by atoms with van der Waals surface area (Å²) in [6, 6.07) is 0. The van der Waals surface area contributed by atoms with Crippen molar-refractivity contribution in [3.63, 3.8) is 0 Å². The second-order valence-electron chi connectivity index (χ2n) is 3.42. The molecule has 0 heterocycles. The maximum Gasteiger partial charge on any atom is 0.0580 e. The van der Waals surface area contributed by atoms with Crippen LogP contribution in [-0.4, -0.2) is 12.7 Å². The number of hydrogen-bond donors (Lipinski definition) is 0. The van der Waals surface area contributed by atoms with E-state index in [1.165, 1.54) is 25.7 Å². The van der Waals surface area contributed by atoms with Gasteiger partial charge in [0.05, 0.1) is 6.10 Å². The first kappa shape index (κ1) is 8.06. The van der Waals surface area contributed by atoms with Crippen LogP contribution in [0.4, 0.5) is 0 Å². The largest absolute Gasteiger partial charge is 0.378 e. The van der Waals surface area contributed by atoms with Crippen LogP contribution in [-0.2, 0) is 4.74 Å². The standard InChI is InChI=1S/C9H18O/c1-3-4-5-10-9-6-8(2)7-9/h8-9H,3-7H2,1-2H3. The molecule has 0 radical (unpaired) electrons. The molecule has 0 spiro atoms. The highest BCUT2D eigenvalue weighted by Crippen LogP contribution is 2.29. The predicted molar refractivity (Wildman–Crippen MR) is 43.0 cm³/mol. The molecule has 0 atom stereocenters. The molecule has 0 aromatic rings. The third-order valence-electron chi connectivity index (χ3n) is 2.18. The summed E-state index contributed by atoms with van der Waals surface area (Å²) in [5.41, 5.74) is 0. The number of rotatable bonds is 4. The van der Waals surface area contributed by atoms with Gasteiger partial charge in [0, 0.05) is 6.61 Å². The zero-order chi connectivity index (χ0) is 7.40. The van der Waals surface area contributed by atoms with Crippen molar-refractivity contribution in [2.24, 2.45) is 5.92 Å². The fourth-order valence-electron chi connectivity index (χ4n) is 1.36. The van der Waals surface area contributed by atoms with Crippen molar-refractivity contribution >= 4 is 0 Å². The van der Waals surface area contributed by atoms with Crippen LogP contribution in [0.1, 0.15) is 39.5 Å². The summed E-state index contributed by atoms with van der Waals surface area (Å²) >= 11 is 0. The molecule has 1 nitrogen and oxygen atoms in total. The monoisotopic (exact) mass is 142 g/mol. The van der Waals surface area contributed by atoms with Gasteiger partial charge in [-0.3, -0.25) is 0 Å². The molecule has 0 N–H and O–H groups in total. The van der Waals surface area contributed by atoms with Crippen molar-refractivity contribution in [1.29, 1.82) is 0 Å². The van der Waals surface area contributed by atoms with E-state index in [1.54, 1.807) is 0 Å². The topological polar surface area (TPSA) is 9.23 Å². The molecule has 1 heteroatoms. The smallest absolute Gasteiger partial charge is 0.0580 e. The lowest BCUT2D eigenvalue weighted by atomic mass is 9.84. The summed E-state index contributed by atoms with van der Waals surface area (Å²) in [5.74, 6) is 0.923. The van der Waals surface area contributed by atoms with Gasteiger partial charge in [-0.2, -0.15) is 0 Å². The first-order valence-electron chi connectivity index (χ1n) is 4.44. The van der Waals surface area contributed by atoms with Crippen LogP contribution in [0.15, 0.2) is 0 Å². The molecule has 10 heavy (non-hydrogen) atoms. The van der Waals surface area contributed by atoms with Crippen LogP contribution in [0.25, 0.3) is 0 Å². The van der Waals surface area contributed by atoms with E-state index in [9.17, 15) is 0 Å². The Morgan fingerprint density at radius 1 is 1.40 bits per heavy atom. The van der Waals surface area contributed by atoms with E-state index in [0.29, 0.717) is 6.10 Å². The Hall–Kier alpha value is -0.0400. The molecule has 0 bridgehead atoms. The molecule has 0 amide bonds. The molecule has 1 aliphatic rings. The third-order valence-corrected chi connectivity index (χ3v) is 2.18. The van der Waals surface area contributed by atoms with E-state index in [-0.39, 0.29) is 0 Å². The molecular formula is C9H18O. The minimum atomic E-state index is 0.613. The maximum atomic E-state index is 5.59. The summed E-state index contributed by atoms with van der Waals surface area (Å²) in [4.78, 5) is 0. The Bertz CT molecular complexity index is 84.7. The van der Waals surface area contributed by atoms with Crippen molar-refractivity contribution in [2.75, 3.05) is 6.61 Å². The van der Waals surface area contributed by atoms with Crippen LogP contribution >= 0.6 is 0 Å². The summed E-state index contributed by atoms with van der Waals surface area (Å²) in [5, 5.41) is 0. The van der Waals surface area contributed by atoms with Crippen molar-refractivity contribution in [3.8, 4) is 0 Å². The summed E-state index contributed by atoms with van der Waals surface area (Å²) in [7, 11) is 0. The Labute approximate surface area is 63.8 Å². The molecule has 0 unspecified atom stereocenters. The van der Waals surface area contributed by atoms with Crippen molar-refractivity contribution in [1.82, 2.24) is 0 Å². The van der Waals surface area contributed by atoms with E-state index in [2.05, 4.69) is 13.8 Å². The lowest BCUT2D eigenvalue weighted by Gasteiger charge is -2.32. The van der Waals surface area contributed by atoms with Gasteiger partial charge in [-0.15, -0.1) is 0 Å². The van der Waals surface area contributed by atoms with E-state index in [4.69, 9.17) is 4.74 Å². The number of hydrogen-bond acceptors (Lipinski definition) is 1. The minimum Gasteiger partial charge on any atom is -0.378 e. The first-order chi connectivity index (χ1) is 4.83. The predicted octanol–water partition coefficient (Wildman–Crippen LogP) is 2.60. The van der Waals surface area contributed by atoms with Gasteiger partial charge in [-0.1, -0.05) is 20.3 Å². The van der Waals surface area contributed by atoms with Crippen LogP contribution in [0.2, 0.25) is 0 Å². The lowest BCUT2D eigenvalue weighted by molar-refractivity contribution is -0.0262. The molecule has 60 valence electrons. The SMILES string of the molecule is CCCCOC1CC(C)C1. The van der Waals surface area contributed by atoms with Crippen LogP contribution in [0.5, 0.6) is 0 Å². The summed E-state index contributed by atoms with van der Waals surface area (Å²) in [6.07, 6.45) is 5.68. The highest BCUT2D eigenvalue weighted by atomic mass is 16.5. The molecule has 1 rings (SSSR count). The quantitative estimate of drug-likeness (QED) is 0.548. The van der Waals surface area contributed by atoms with Crippen LogP contribution in [0.3, 0.4) is 0 Å². The molecule has 1 fully saturated rings. The lowest BCUT2D eigenvalue weighted by Crippen LogP contribution is -2.29. The zero-order valence-corrected chi connectivity index (χ0v) is 7.10. The van der Waals surface area contributed by atoms with Crippen molar-refractivity contribution in [2.45, 2.75) is 45.6 Å². The van der Waals surface area contributed by atoms with Gasteiger partial charge in [0.15, 0.2) is 0 Å². The highest BCUT2D eigenvalue weighted by Gasteiger charge is 2.25. The first-order valence-corrected chi connectivity index (χ1v) is 4.44. The van der Waals surface area contributed by atoms with Gasteiger partial charge < -0.3 is 4.74 Å². The molecule has 1 aliphatic carbocycles. The van der Waals surface area contributed by atoms with E-state index < -0.39 is 0 Å². The van der Waals surface area contributed by atoms with Crippen molar-refractivity contribution in [3.05, 3.63) is 0 Å². The molecule has 0 aliphatic heterocycles. The van der Waals surface area contributed by atoms with E-state index >= 15 is 0 Å². The van der Waals surface area contributed by atoms with Gasteiger partial charge in [-0.05, 0) is 25.2 Å². The second kappa shape index (κ2) is 3.97. The molecular weight excluding hydrogens is 124 g/mol. The number of unbranched alkanes of at least 4 members (excludes halogenated alkanes) is 1.